The maximum atomic E-state index is 11.7. The number of primary amides is 1. The van der Waals surface area contributed by atoms with Crippen LogP contribution in [0.4, 0.5) is 0 Å². The second-order valence-electron chi connectivity index (χ2n) is 6.35. The molecule has 1 amide bonds. The Morgan fingerprint density at radius 1 is 0.960 bits per heavy atom. The highest BCUT2D eigenvalue weighted by atomic mass is 16.1. The minimum absolute atomic E-state index is 0.363. The Bertz CT molecular complexity index is 835. The van der Waals surface area contributed by atoms with Gasteiger partial charge in [0.25, 0.3) is 5.91 Å². The van der Waals surface area contributed by atoms with E-state index in [4.69, 9.17) is 5.73 Å². The first-order valence-corrected chi connectivity index (χ1v) is 8.76. The van der Waals surface area contributed by atoms with E-state index in [1.165, 1.54) is 5.56 Å². The number of carbonyl (C=O) groups is 1. The molecule has 0 spiro atoms. The molecule has 3 aromatic rings. The Balaban J connectivity index is 1.76. The van der Waals surface area contributed by atoms with Crippen LogP contribution in [0.3, 0.4) is 0 Å². The molecule has 25 heavy (non-hydrogen) atoms. The van der Waals surface area contributed by atoms with Crippen molar-refractivity contribution in [1.29, 1.82) is 0 Å². The second-order valence-corrected chi connectivity index (χ2v) is 6.35. The third kappa shape index (κ3) is 4.00. The Morgan fingerprint density at radius 3 is 2.24 bits per heavy atom. The molecular formula is C22H24N2O. The highest BCUT2D eigenvalue weighted by Gasteiger charge is 2.16. The fourth-order valence-electron chi connectivity index (χ4n) is 3.27. The molecule has 0 aliphatic heterocycles. The van der Waals surface area contributed by atoms with Gasteiger partial charge in [0.05, 0.1) is 5.56 Å². The van der Waals surface area contributed by atoms with Crippen LogP contribution < -0.4 is 5.73 Å². The molecule has 0 saturated carbocycles. The van der Waals surface area contributed by atoms with E-state index in [0.29, 0.717) is 5.56 Å². The number of amides is 1. The number of rotatable bonds is 7. The van der Waals surface area contributed by atoms with Gasteiger partial charge < -0.3 is 10.3 Å². The molecule has 0 aliphatic rings. The monoisotopic (exact) mass is 332 g/mol. The average molecular weight is 332 g/mol. The van der Waals surface area contributed by atoms with Gasteiger partial charge in [-0.1, -0.05) is 60.7 Å². The van der Waals surface area contributed by atoms with Gasteiger partial charge in [-0.05, 0) is 43.4 Å². The lowest BCUT2D eigenvalue weighted by Gasteiger charge is -2.12. The molecule has 2 N–H and O–H groups in total. The Labute approximate surface area is 149 Å². The third-order valence-corrected chi connectivity index (χ3v) is 4.64. The highest BCUT2D eigenvalue weighted by Crippen LogP contribution is 2.26. The molecule has 3 heteroatoms. The predicted octanol–water partition coefficient (Wildman–Crippen LogP) is 4.59. The summed E-state index contributed by atoms with van der Waals surface area (Å²) in [6.45, 7) is 2.86. The molecule has 0 fully saturated rings. The first-order chi connectivity index (χ1) is 12.2. The molecule has 128 valence electrons. The minimum Gasteiger partial charge on any atom is -0.366 e. The standard InChI is InChI=1S/C22H24N2O/c1-17-20(22(23)25)16-21(19-13-6-3-7-14-19)24(17)15-9-8-12-18-10-4-2-5-11-18/h2-7,10-11,13-14,16H,8-9,12,15H2,1H3,(H2,23,25). The molecule has 3 nitrogen and oxygen atoms in total. The topological polar surface area (TPSA) is 48.0 Å². The summed E-state index contributed by atoms with van der Waals surface area (Å²) in [5, 5.41) is 0. The van der Waals surface area contributed by atoms with Gasteiger partial charge in [0.15, 0.2) is 0 Å². The van der Waals surface area contributed by atoms with Crippen LogP contribution in [0.15, 0.2) is 66.7 Å². The van der Waals surface area contributed by atoms with Crippen LogP contribution in [-0.2, 0) is 13.0 Å². The normalized spacial score (nSPS) is 10.8. The maximum Gasteiger partial charge on any atom is 0.250 e. The molecule has 0 atom stereocenters. The molecule has 0 bridgehead atoms. The van der Waals surface area contributed by atoms with Gasteiger partial charge in [0.2, 0.25) is 0 Å². The number of hydrogen-bond acceptors (Lipinski definition) is 1. The number of nitrogens with two attached hydrogens (primary N) is 1. The number of aryl methyl sites for hydroxylation is 1. The number of nitrogens with zero attached hydrogens (tertiary/aromatic N) is 1. The molecule has 1 heterocycles. The summed E-state index contributed by atoms with van der Waals surface area (Å²) < 4.78 is 2.22. The van der Waals surface area contributed by atoms with E-state index in [9.17, 15) is 4.79 Å². The molecule has 0 saturated heterocycles. The summed E-state index contributed by atoms with van der Waals surface area (Å²) in [4.78, 5) is 11.7. The van der Waals surface area contributed by atoms with Gasteiger partial charge in [-0.25, -0.2) is 0 Å². The van der Waals surface area contributed by atoms with Gasteiger partial charge >= 0.3 is 0 Å². The fourth-order valence-corrected chi connectivity index (χ4v) is 3.27. The molecule has 0 radical (unpaired) electrons. The zero-order valence-corrected chi connectivity index (χ0v) is 14.6. The molecule has 0 aliphatic carbocycles. The van der Waals surface area contributed by atoms with E-state index in [2.05, 4.69) is 41.0 Å². The van der Waals surface area contributed by atoms with E-state index in [1.54, 1.807) is 0 Å². The van der Waals surface area contributed by atoms with E-state index in [-0.39, 0.29) is 5.91 Å². The Morgan fingerprint density at radius 2 is 1.60 bits per heavy atom. The van der Waals surface area contributed by atoms with Crippen LogP contribution in [0, 0.1) is 6.92 Å². The van der Waals surface area contributed by atoms with Crippen molar-refractivity contribution in [3.63, 3.8) is 0 Å². The maximum absolute atomic E-state index is 11.7. The van der Waals surface area contributed by atoms with Crippen LogP contribution >= 0.6 is 0 Å². The van der Waals surface area contributed by atoms with Crippen LogP contribution in [-0.4, -0.2) is 10.5 Å². The van der Waals surface area contributed by atoms with E-state index in [0.717, 1.165) is 42.8 Å². The SMILES string of the molecule is Cc1c(C(N)=O)cc(-c2ccccc2)n1CCCCc1ccccc1. The highest BCUT2D eigenvalue weighted by molar-refractivity contribution is 5.95. The van der Waals surface area contributed by atoms with Gasteiger partial charge in [0.1, 0.15) is 0 Å². The first kappa shape index (κ1) is 17.0. The molecule has 3 rings (SSSR count). The van der Waals surface area contributed by atoms with E-state index in [1.807, 2.05) is 37.3 Å². The molecular weight excluding hydrogens is 308 g/mol. The zero-order valence-electron chi connectivity index (χ0n) is 14.6. The number of unbranched alkanes of at least 4 members (excludes halogenated alkanes) is 1. The fraction of sp³-hybridized carbons (Fsp3) is 0.227. The number of carbonyl (C=O) groups excluding carboxylic acids is 1. The summed E-state index contributed by atoms with van der Waals surface area (Å²) in [6.07, 6.45) is 3.24. The minimum atomic E-state index is -0.363. The smallest absolute Gasteiger partial charge is 0.250 e. The van der Waals surface area contributed by atoms with Gasteiger partial charge in [-0.2, -0.15) is 0 Å². The second kappa shape index (κ2) is 7.84. The van der Waals surface area contributed by atoms with Gasteiger partial charge in [0, 0.05) is 17.9 Å². The lowest BCUT2D eigenvalue weighted by atomic mass is 10.1. The van der Waals surface area contributed by atoms with E-state index >= 15 is 0 Å². The quantitative estimate of drug-likeness (QED) is 0.632. The van der Waals surface area contributed by atoms with Crippen LogP contribution in [0.1, 0.15) is 34.5 Å². The first-order valence-electron chi connectivity index (χ1n) is 8.76. The Hall–Kier alpha value is -2.81. The summed E-state index contributed by atoms with van der Waals surface area (Å²) in [7, 11) is 0. The van der Waals surface area contributed by atoms with Crippen LogP contribution in [0.5, 0.6) is 0 Å². The molecule has 2 aromatic carbocycles. The van der Waals surface area contributed by atoms with Crippen molar-refractivity contribution in [2.24, 2.45) is 5.73 Å². The summed E-state index contributed by atoms with van der Waals surface area (Å²) >= 11 is 0. The van der Waals surface area contributed by atoms with Gasteiger partial charge in [-0.3, -0.25) is 4.79 Å². The lowest BCUT2D eigenvalue weighted by Crippen LogP contribution is -2.12. The summed E-state index contributed by atoms with van der Waals surface area (Å²) in [5.41, 5.74) is 10.7. The lowest BCUT2D eigenvalue weighted by molar-refractivity contribution is 0.0999. The van der Waals surface area contributed by atoms with Crippen LogP contribution in [0.25, 0.3) is 11.3 Å². The summed E-state index contributed by atoms with van der Waals surface area (Å²) in [6, 6.07) is 22.6. The third-order valence-electron chi connectivity index (χ3n) is 4.64. The zero-order chi connectivity index (χ0) is 17.6. The van der Waals surface area contributed by atoms with Crippen molar-refractivity contribution in [3.8, 4) is 11.3 Å². The largest absolute Gasteiger partial charge is 0.366 e. The average Bonchev–Trinajstić information content (AvgIpc) is 2.97. The number of benzene rings is 2. The number of aromatic nitrogens is 1. The van der Waals surface area contributed by atoms with Crippen molar-refractivity contribution in [2.75, 3.05) is 0 Å². The van der Waals surface area contributed by atoms with Crippen molar-refractivity contribution in [3.05, 3.63) is 83.6 Å². The molecule has 0 unspecified atom stereocenters. The van der Waals surface area contributed by atoms with Crippen molar-refractivity contribution in [2.45, 2.75) is 32.7 Å². The number of hydrogen-bond donors (Lipinski definition) is 1. The van der Waals surface area contributed by atoms with Crippen molar-refractivity contribution < 1.29 is 4.79 Å². The van der Waals surface area contributed by atoms with Crippen LogP contribution in [0.2, 0.25) is 0 Å². The Kier molecular flexibility index (Phi) is 5.34. The summed E-state index contributed by atoms with van der Waals surface area (Å²) in [5.74, 6) is -0.363. The predicted molar refractivity (Wildman–Crippen MR) is 103 cm³/mol. The van der Waals surface area contributed by atoms with E-state index < -0.39 is 0 Å². The molecule has 1 aromatic heterocycles. The van der Waals surface area contributed by atoms with Crippen molar-refractivity contribution >= 4 is 5.91 Å². The van der Waals surface area contributed by atoms with Gasteiger partial charge in [-0.15, -0.1) is 0 Å². The van der Waals surface area contributed by atoms with Crippen molar-refractivity contribution in [1.82, 2.24) is 4.57 Å².